The molecular weight excluding hydrogens is 252 g/mol. The highest BCUT2D eigenvalue weighted by atomic mass is 32.2. The third kappa shape index (κ3) is 1.97. The van der Waals surface area contributed by atoms with E-state index < -0.39 is 12.0 Å². The summed E-state index contributed by atoms with van der Waals surface area (Å²) in [5.74, 6) is -0.432. The van der Waals surface area contributed by atoms with Gasteiger partial charge in [0.25, 0.3) is 0 Å². The fourth-order valence-corrected chi connectivity index (χ4v) is 3.13. The van der Waals surface area contributed by atoms with E-state index in [1.165, 1.54) is 18.0 Å². The number of rotatable bonds is 3. The van der Waals surface area contributed by atoms with Gasteiger partial charge in [0, 0.05) is 5.70 Å². The zero-order chi connectivity index (χ0) is 13.3. The van der Waals surface area contributed by atoms with Crippen LogP contribution in [0.1, 0.15) is 25.6 Å². The van der Waals surface area contributed by atoms with E-state index in [1.54, 1.807) is 24.0 Å². The summed E-state index contributed by atoms with van der Waals surface area (Å²) in [5.41, 5.74) is 0.600. The van der Waals surface area contributed by atoms with Crippen LogP contribution in [0.25, 0.3) is 0 Å². The summed E-state index contributed by atoms with van der Waals surface area (Å²) in [6.07, 6.45) is 1.50. The van der Waals surface area contributed by atoms with Gasteiger partial charge in [-0.05, 0) is 26.0 Å². The summed E-state index contributed by atoms with van der Waals surface area (Å²) in [5, 5.41) is 18.3. The maximum Gasteiger partial charge on any atom is 0.344 e. The lowest BCUT2D eigenvalue weighted by molar-refractivity contribution is -0.131. The lowest BCUT2D eigenvalue weighted by Gasteiger charge is -2.28. The number of aliphatic carboxylic acids is 1. The number of furan rings is 1. The molecule has 0 radical (unpaired) electrons. The van der Waals surface area contributed by atoms with Crippen molar-refractivity contribution in [2.75, 3.05) is 0 Å². The number of nitriles is 1. The van der Waals surface area contributed by atoms with Crippen molar-refractivity contribution in [1.29, 1.82) is 5.26 Å². The second kappa shape index (κ2) is 4.78. The van der Waals surface area contributed by atoms with Gasteiger partial charge >= 0.3 is 5.97 Å². The Labute approximate surface area is 109 Å². The van der Waals surface area contributed by atoms with Crippen LogP contribution in [0.15, 0.2) is 33.4 Å². The van der Waals surface area contributed by atoms with Gasteiger partial charge in [-0.2, -0.15) is 5.26 Å². The van der Waals surface area contributed by atoms with E-state index in [0.29, 0.717) is 11.5 Å². The molecule has 0 bridgehead atoms. The Morgan fingerprint density at radius 3 is 2.89 bits per heavy atom. The molecule has 0 aromatic carbocycles. The molecule has 2 heterocycles. The second-order valence-corrected chi connectivity index (χ2v) is 5.22. The number of hydrogen-bond acceptors (Lipinski definition) is 5. The lowest BCUT2D eigenvalue weighted by atomic mass is 10.2. The molecule has 2 atom stereocenters. The highest BCUT2D eigenvalue weighted by Gasteiger charge is 2.36. The van der Waals surface area contributed by atoms with Crippen LogP contribution in [-0.4, -0.2) is 21.3 Å². The highest BCUT2D eigenvalue weighted by Crippen LogP contribution is 2.42. The summed E-state index contributed by atoms with van der Waals surface area (Å²) in [4.78, 5) is 13.1. The van der Waals surface area contributed by atoms with Gasteiger partial charge in [0.15, 0.2) is 6.04 Å². The standard InChI is InChI=1S/C12H12N2O3S/c1-7-11(12(15)16)18-8(2)14(7)9(6-13)10-4-3-5-17-10/h3-5,8-9H,1-2H3,(H,15,16). The summed E-state index contributed by atoms with van der Waals surface area (Å²) in [6, 6.07) is 4.99. The number of allylic oxidation sites excluding steroid dienone is 1. The molecule has 5 nitrogen and oxygen atoms in total. The van der Waals surface area contributed by atoms with E-state index in [0.717, 1.165) is 0 Å². The molecule has 0 aliphatic carbocycles. The average molecular weight is 264 g/mol. The fraction of sp³-hybridized carbons (Fsp3) is 0.333. The number of thioether (sulfide) groups is 1. The summed E-state index contributed by atoms with van der Waals surface area (Å²) in [7, 11) is 0. The van der Waals surface area contributed by atoms with E-state index in [1.807, 2.05) is 6.92 Å². The van der Waals surface area contributed by atoms with Crippen LogP contribution in [0, 0.1) is 11.3 Å². The van der Waals surface area contributed by atoms with Crippen LogP contribution >= 0.6 is 11.8 Å². The molecule has 0 fully saturated rings. The van der Waals surface area contributed by atoms with Crippen LogP contribution in [0.3, 0.4) is 0 Å². The first kappa shape index (κ1) is 12.6. The first-order valence-electron chi connectivity index (χ1n) is 5.38. The molecule has 0 saturated heterocycles. The third-order valence-corrected chi connectivity index (χ3v) is 4.08. The smallest absolute Gasteiger partial charge is 0.344 e. The zero-order valence-electron chi connectivity index (χ0n) is 9.95. The molecule has 1 aliphatic rings. The fourth-order valence-electron chi connectivity index (χ4n) is 2.02. The van der Waals surface area contributed by atoms with Crippen molar-refractivity contribution in [2.24, 2.45) is 0 Å². The van der Waals surface area contributed by atoms with E-state index in [4.69, 9.17) is 9.52 Å². The molecule has 2 unspecified atom stereocenters. The lowest BCUT2D eigenvalue weighted by Crippen LogP contribution is -2.29. The molecule has 1 aromatic heterocycles. The first-order valence-corrected chi connectivity index (χ1v) is 6.26. The number of hydrogen-bond donors (Lipinski definition) is 1. The number of carbonyl (C=O) groups is 1. The van der Waals surface area contributed by atoms with Gasteiger partial charge in [0.2, 0.25) is 0 Å². The Balaban J connectivity index is 2.38. The molecular formula is C12H12N2O3S. The first-order chi connectivity index (χ1) is 8.56. The van der Waals surface area contributed by atoms with E-state index in [9.17, 15) is 10.1 Å². The molecule has 1 N–H and O–H groups in total. The Morgan fingerprint density at radius 2 is 2.44 bits per heavy atom. The van der Waals surface area contributed by atoms with Gasteiger partial charge in [0.05, 0.1) is 17.7 Å². The van der Waals surface area contributed by atoms with E-state index in [2.05, 4.69) is 6.07 Å². The van der Waals surface area contributed by atoms with Crippen molar-refractivity contribution in [3.8, 4) is 6.07 Å². The van der Waals surface area contributed by atoms with Crippen molar-refractivity contribution < 1.29 is 14.3 Å². The Bertz CT molecular complexity index is 530. The largest absolute Gasteiger partial charge is 0.477 e. The second-order valence-electron chi connectivity index (χ2n) is 3.89. The molecule has 1 aliphatic heterocycles. The topological polar surface area (TPSA) is 77.5 Å². The van der Waals surface area contributed by atoms with E-state index in [-0.39, 0.29) is 10.3 Å². The monoisotopic (exact) mass is 264 g/mol. The van der Waals surface area contributed by atoms with Crippen molar-refractivity contribution in [3.05, 3.63) is 34.8 Å². The minimum atomic E-state index is -0.956. The van der Waals surface area contributed by atoms with Crippen LogP contribution in [0.4, 0.5) is 0 Å². The molecule has 94 valence electrons. The van der Waals surface area contributed by atoms with Gasteiger partial charge in [-0.25, -0.2) is 4.79 Å². The summed E-state index contributed by atoms with van der Waals surface area (Å²) in [6.45, 7) is 3.59. The average Bonchev–Trinajstić information content (AvgIpc) is 2.92. The minimum Gasteiger partial charge on any atom is -0.477 e. The number of carboxylic acid groups (broad SMARTS) is 1. The van der Waals surface area contributed by atoms with E-state index >= 15 is 0 Å². The maximum absolute atomic E-state index is 11.1. The molecule has 0 amide bonds. The Hall–Kier alpha value is -1.87. The molecule has 0 saturated carbocycles. The van der Waals surface area contributed by atoms with Crippen molar-refractivity contribution in [1.82, 2.24) is 4.90 Å². The molecule has 2 rings (SSSR count). The van der Waals surface area contributed by atoms with Gasteiger partial charge in [-0.15, -0.1) is 0 Å². The predicted octanol–water partition coefficient (Wildman–Crippen LogP) is 2.56. The van der Waals surface area contributed by atoms with Crippen LogP contribution < -0.4 is 0 Å². The number of nitrogens with zero attached hydrogens (tertiary/aromatic N) is 2. The quantitative estimate of drug-likeness (QED) is 0.904. The predicted molar refractivity (Wildman–Crippen MR) is 66.3 cm³/mol. The van der Waals surface area contributed by atoms with Crippen molar-refractivity contribution in [3.63, 3.8) is 0 Å². The van der Waals surface area contributed by atoms with Crippen molar-refractivity contribution >= 4 is 17.7 Å². The van der Waals surface area contributed by atoms with Gasteiger partial charge < -0.3 is 14.4 Å². The summed E-state index contributed by atoms with van der Waals surface area (Å²) >= 11 is 1.24. The molecule has 0 spiro atoms. The van der Waals surface area contributed by atoms with Gasteiger partial charge in [-0.1, -0.05) is 11.8 Å². The van der Waals surface area contributed by atoms with Gasteiger partial charge in [0.1, 0.15) is 10.7 Å². The Kier molecular flexibility index (Phi) is 3.34. The van der Waals surface area contributed by atoms with Crippen LogP contribution in [-0.2, 0) is 4.79 Å². The van der Waals surface area contributed by atoms with Crippen LogP contribution in [0.5, 0.6) is 0 Å². The highest BCUT2D eigenvalue weighted by molar-refractivity contribution is 8.04. The SMILES string of the molecule is CC1=C(C(=O)O)SC(C)N1C(C#N)c1ccco1. The molecule has 6 heteroatoms. The summed E-state index contributed by atoms with van der Waals surface area (Å²) < 4.78 is 5.25. The minimum absolute atomic E-state index is 0.106. The van der Waals surface area contributed by atoms with Crippen molar-refractivity contribution in [2.45, 2.75) is 25.3 Å². The number of carboxylic acids is 1. The maximum atomic E-state index is 11.1. The third-order valence-electron chi connectivity index (χ3n) is 2.80. The zero-order valence-corrected chi connectivity index (χ0v) is 10.8. The molecule has 18 heavy (non-hydrogen) atoms. The Morgan fingerprint density at radius 1 is 1.72 bits per heavy atom. The van der Waals surface area contributed by atoms with Gasteiger partial charge in [-0.3, -0.25) is 0 Å². The normalized spacial score (nSPS) is 20.9. The molecule has 1 aromatic rings. The van der Waals surface area contributed by atoms with Crippen LogP contribution in [0.2, 0.25) is 0 Å².